The summed E-state index contributed by atoms with van der Waals surface area (Å²) in [5.74, 6) is 0.0568. The number of nitrogens with zero attached hydrogens (tertiary/aromatic N) is 3. The molecular formula is C19H20Br2N4O2S. The molecule has 1 atom stereocenters. The Labute approximate surface area is 184 Å². The highest BCUT2D eigenvalue weighted by atomic mass is 79.9. The molecule has 1 saturated heterocycles. The van der Waals surface area contributed by atoms with Crippen molar-refractivity contribution in [1.82, 2.24) is 20.1 Å². The van der Waals surface area contributed by atoms with Crippen molar-refractivity contribution in [3.05, 3.63) is 48.8 Å². The highest BCUT2D eigenvalue weighted by Gasteiger charge is 2.36. The molecule has 1 aliphatic heterocycles. The number of aromatic nitrogens is 1. The van der Waals surface area contributed by atoms with Crippen LogP contribution in [0.4, 0.5) is 0 Å². The van der Waals surface area contributed by atoms with Crippen LogP contribution in [0.15, 0.2) is 32.1 Å². The first-order valence-corrected chi connectivity index (χ1v) is 11.6. The van der Waals surface area contributed by atoms with Crippen molar-refractivity contribution in [2.75, 3.05) is 32.7 Å². The van der Waals surface area contributed by atoms with Crippen LogP contribution < -0.4 is 5.32 Å². The van der Waals surface area contributed by atoms with E-state index in [0.29, 0.717) is 18.5 Å². The third kappa shape index (κ3) is 4.38. The van der Waals surface area contributed by atoms with E-state index >= 15 is 0 Å². The van der Waals surface area contributed by atoms with Crippen LogP contribution in [0, 0.1) is 0 Å². The molecule has 0 saturated carbocycles. The molecule has 1 N–H and O–H groups in total. The van der Waals surface area contributed by atoms with Crippen molar-refractivity contribution >= 4 is 54.9 Å². The number of halogens is 2. The second-order valence-corrected chi connectivity index (χ2v) is 10.7. The van der Waals surface area contributed by atoms with E-state index in [4.69, 9.17) is 0 Å². The maximum absolute atomic E-state index is 12.6. The Bertz CT molecular complexity index is 882. The molecule has 1 unspecified atom stereocenters. The van der Waals surface area contributed by atoms with Crippen molar-refractivity contribution in [1.29, 1.82) is 0 Å². The lowest BCUT2D eigenvalue weighted by Crippen LogP contribution is -2.49. The molecule has 1 amide bonds. The lowest BCUT2D eigenvalue weighted by Gasteiger charge is -2.34. The van der Waals surface area contributed by atoms with Crippen LogP contribution in [-0.4, -0.2) is 59.2 Å². The van der Waals surface area contributed by atoms with Gasteiger partial charge in [0.2, 0.25) is 5.91 Å². The molecule has 1 fully saturated rings. The quantitative estimate of drug-likeness (QED) is 0.646. The Kier molecular flexibility index (Phi) is 6.27. The number of hydrogen-bond acceptors (Lipinski definition) is 6. The van der Waals surface area contributed by atoms with Gasteiger partial charge in [0.1, 0.15) is 0 Å². The Morgan fingerprint density at radius 1 is 1.14 bits per heavy atom. The first-order chi connectivity index (χ1) is 13.5. The predicted octanol–water partition coefficient (Wildman–Crippen LogP) is 3.23. The number of piperazine rings is 1. The number of Topliss-reactive ketones (excluding diaryl/α,β-unsaturated/α-hetero) is 1. The Hall–Kier alpha value is -1.13. The smallest absolute Gasteiger partial charge is 0.234 e. The third-order valence-electron chi connectivity index (χ3n) is 5.20. The van der Waals surface area contributed by atoms with Crippen molar-refractivity contribution in [2.24, 2.45) is 0 Å². The van der Waals surface area contributed by atoms with Gasteiger partial charge >= 0.3 is 0 Å². The van der Waals surface area contributed by atoms with Gasteiger partial charge in [0, 0.05) is 62.7 Å². The number of ketones is 1. The van der Waals surface area contributed by atoms with Crippen LogP contribution in [-0.2, 0) is 11.3 Å². The molecule has 2 aromatic heterocycles. The molecular weight excluding hydrogens is 508 g/mol. The second-order valence-electron chi connectivity index (χ2n) is 7.09. The minimum Gasteiger partial charge on any atom is -0.348 e. The number of hydrogen-bond donors (Lipinski definition) is 1. The van der Waals surface area contributed by atoms with Gasteiger partial charge in [0.25, 0.3) is 0 Å². The minimum absolute atomic E-state index is 0.0255. The molecule has 28 heavy (non-hydrogen) atoms. The highest BCUT2D eigenvalue weighted by Crippen LogP contribution is 2.46. The molecule has 148 valence electrons. The van der Waals surface area contributed by atoms with E-state index in [9.17, 15) is 9.59 Å². The maximum Gasteiger partial charge on any atom is 0.234 e. The van der Waals surface area contributed by atoms with E-state index in [1.807, 2.05) is 24.5 Å². The van der Waals surface area contributed by atoms with Crippen LogP contribution in [0.2, 0.25) is 0 Å². The van der Waals surface area contributed by atoms with Gasteiger partial charge in [-0.05, 0) is 49.6 Å². The summed E-state index contributed by atoms with van der Waals surface area (Å²) in [4.78, 5) is 33.4. The summed E-state index contributed by atoms with van der Waals surface area (Å²) >= 11 is 8.46. The summed E-state index contributed by atoms with van der Waals surface area (Å²) in [5, 5.41) is 3.05. The fraction of sp³-hybridized carbons (Fsp3) is 0.421. The number of thiophene rings is 1. The van der Waals surface area contributed by atoms with E-state index in [1.165, 1.54) is 16.9 Å². The summed E-state index contributed by atoms with van der Waals surface area (Å²) < 4.78 is 1.75. The SMILES string of the molecule is O=C(CN1CCN(Cc2ccncc2)CC1)NC1CC(=O)c2c(Br)sc(Br)c21. The standard InChI is InChI=1S/C19H20Br2N4O2S/c20-18-16-13(9-14(26)17(16)19(21)28-18)23-15(27)11-25-7-5-24(6-8-25)10-12-1-3-22-4-2-12/h1-4,13H,5-11H2,(H,23,27). The van der Waals surface area contributed by atoms with E-state index < -0.39 is 0 Å². The van der Waals surface area contributed by atoms with Crippen molar-refractivity contribution in [3.8, 4) is 0 Å². The molecule has 2 aliphatic rings. The van der Waals surface area contributed by atoms with Gasteiger partial charge in [0.05, 0.1) is 20.2 Å². The van der Waals surface area contributed by atoms with Crippen LogP contribution in [0.5, 0.6) is 0 Å². The summed E-state index contributed by atoms with van der Waals surface area (Å²) in [5.41, 5.74) is 2.89. The molecule has 0 radical (unpaired) electrons. The average molecular weight is 528 g/mol. The van der Waals surface area contributed by atoms with E-state index in [1.54, 1.807) is 0 Å². The Balaban J connectivity index is 1.27. The van der Waals surface area contributed by atoms with Crippen LogP contribution >= 0.6 is 43.2 Å². The number of pyridine rings is 1. The number of carbonyl (C=O) groups excluding carboxylic acids is 2. The minimum atomic E-state index is -0.236. The van der Waals surface area contributed by atoms with Gasteiger partial charge in [0.15, 0.2) is 5.78 Å². The number of nitrogens with one attached hydrogen (secondary N) is 1. The number of rotatable bonds is 5. The molecule has 0 bridgehead atoms. The van der Waals surface area contributed by atoms with E-state index in [2.05, 4.69) is 52.0 Å². The topological polar surface area (TPSA) is 65.5 Å². The zero-order valence-corrected chi connectivity index (χ0v) is 19.1. The average Bonchev–Trinajstić information content (AvgIpc) is 3.15. The summed E-state index contributed by atoms with van der Waals surface area (Å²) in [6.45, 7) is 4.88. The van der Waals surface area contributed by atoms with Gasteiger partial charge < -0.3 is 5.32 Å². The lowest BCUT2D eigenvalue weighted by molar-refractivity contribution is -0.123. The molecule has 3 heterocycles. The molecule has 0 spiro atoms. The van der Waals surface area contributed by atoms with Crippen LogP contribution in [0.3, 0.4) is 0 Å². The van der Waals surface area contributed by atoms with Crippen LogP contribution in [0.25, 0.3) is 0 Å². The number of fused-ring (bicyclic) bond motifs is 1. The first kappa shape index (κ1) is 20.2. The molecule has 4 rings (SSSR count). The van der Waals surface area contributed by atoms with E-state index in [0.717, 1.165) is 45.9 Å². The Morgan fingerprint density at radius 2 is 1.82 bits per heavy atom. The summed E-state index contributed by atoms with van der Waals surface area (Å²) in [6.07, 6.45) is 3.97. The molecule has 9 heteroatoms. The maximum atomic E-state index is 12.6. The molecule has 0 aromatic carbocycles. The lowest BCUT2D eigenvalue weighted by atomic mass is 10.2. The largest absolute Gasteiger partial charge is 0.348 e. The fourth-order valence-corrected chi connectivity index (χ4v) is 7.14. The first-order valence-electron chi connectivity index (χ1n) is 9.15. The van der Waals surface area contributed by atoms with Gasteiger partial charge in [-0.2, -0.15) is 0 Å². The fourth-order valence-electron chi connectivity index (χ4n) is 3.77. The van der Waals surface area contributed by atoms with E-state index in [-0.39, 0.29) is 17.7 Å². The summed E-state index contributed by atoms with van der Waals surface area (Å²) in [7, 11) is 0. The number of carbonyl (C=O) groups is 2. The van der Waals surface area contributed by atoms with Gasteiger partial charge in [-0.3, -0.25) is 24.4 Å². The zero-order chi connectivity index (χ0) is 19.7. The van der Waals surface area contributed by atoms with Crippen molar-refractivity contribution in [2.45, 2.75) is 19.0 Å². The monoisotopic (exact) mass is 526 g/mol. The van der Waals surface area contributed by atoms with Crippen molar-refractivity contribution < 1.29 is 9.59 Å². The van der Waals surface area contributed by atoms with Crippen molar-refractivity contribution in [3.63, 3.8) is 0 Å². The molecule has 1 aliphatic carbocycles. The second kappa shape index (κ2) is 8.71. The summed E-state index contributed by atoms with van der Waals surface area (Å²) in [6, 6.07) is 3.84. The Morgan fingerprint density at radius 3 is 2.54 bits per heavy atom. The normalized spacial score (nSPS) is 20.4. The third-order valence-corrected chi connectivity index (χ3v) is 7.77. The van der Waals surface area contributed by atoms with Gasteiger partial charge in [-0.1, -0.05) is 0 Å². The zero-order valence-electron chi connectivity index (χ0n) is 15.2. The van der Waals surface area contributed by atoms with Gasteiger partial charge in [-0.25, -0.2) is 0 Å². The van der Waals surface area contributed by atoms with Crippen LogP contribution in [0.1, 0.15) is 33.9 Å². The molecule has 2 aromatic rings. The molecule has 6 nitrogen and oxygen atoms in total. The predicted molar refractivity (Wildman–Crippen MR) is 116 cm³/mol. The highest BCUT2D eigenvalue weighted by molar-refractivity contribution is 9.12. The number of amides is 1. The van der Waals surface area contributed by atoms with Gasteiger partial charge in [-0.15, -0.1) is 11.3 Å².